The van der Waals surface area contributed by atoms with Gasteiger partial charge in [-0.05, 0) is 29.3 Å². The van der Waals surface area contributed by atoms with Gasteiger partial charge in [0.05, 0.1) is 0 Å². The molecular formula is C22H22N2O5. The summed E-state index contributed by atoms with van der Waals surface area (Å²) in [6, 6.07) is 15.6. The number of urea groups is 1. The fraction of sp³-hybridized carbons (Fsp3) is 0.136. The molecule has 0 unspecified atom stereocenters. The van der Waals surface area contributed by atoms with Crippen LogP contribution in [0.1, 0.15) is 11.1 Å². The van der Waals surface area contributed by atoms with Gasteiger partial charge in [-0.1, -0.05) is 55.1 Å². The van der Waals surface area contributed by atoms with E-state index in [2.05, 4.69) is 17.2 Å². The number of hydrogen-bond donors (Lipinski definition) is 2. The van der Waals surface area contributed by atoms with Crippen molar-refractivity contribution < 1.29 is 23.9 Å². The summed E-state index contributed by atoms with van der Waals surface area (Å²) in [5.74, 6) is -0.732. The highest BCUT2D eigenvalue weighted by Gasteiger charge is 2.09. The van der Waals surface area contributed by atoms with Crippen LogP contribution >= 0.6 is 0 Å². The van der Waals surface area contributed by atoms with E-state index in [0.717, 1.165) is 11.1 Å². The Morgan fingerprint density at radius 1 is 1.00 bits per heavy atom. The van der Waals surface area contributed by atoms with E-state index in [-0.39, 0.29) is 6.54 Å². The van der Waals surface area contributed by atoms with Crippen molar-refractivity contribution in [3.05, 3.63) is 84.5 Å². The van der Waals surface area contributed by atoms with Crippen molar-refractivity contribution in [1.82, 2.24) is 10.6 Å². The first-order valence-corrected chi connectivity index (χ1v) is 8.87. The molecule has 2 N–H and O–H groups in total. The van der Waals surface area contributed by atoms with Crippen molar-refractivity contribution in [3.63, 3.8) is 0 Å². The first-order chi connectivity index (χ1) is 14.1. The number of esters is 1. The normalized spacial score (nSPS) is 10.2. The van der Waals surface area contributed by atoms with E-state index in [4.69, 9.17) is 9.47 Å². The van der Waals surface area contributed by atoms with E-state index in [0.29, 0.717) is 12.4 Å². The van der Waals surface area contributed by atoms with E-state index in [9.17, 15) is 14.4 Å². The number of hydrogen-bond acceptors (Lipinski definition) is 5. The molecule has 7 nitrogen and oxygen atoms in total. The van der Waals surface area contributed by atoms with Crippen LogP contribution in [0.5, 0.6) is 5.75 Å². The third-order valence-corrected chi connectivity index (χ3v) is 3.55. The maximum Gasteiger partial charge on any atom is 0.331 e. The van der Waals surface area contributed by atoms with Crippen molar-refractivity contribution in [1.29, 1.82) is 0 Å². The van der Waals surface area contributed by atoms with E-state index >= 15 is 0 Å². The lowest BCUT2D eigenvalue weighted by Gasteiger charge is -2.07. The third kappa shape index (κ3) is 8.57. The quantitative estimate of drug-likeness (QED) is 0.388. The molecule has 3 amide bonds. The largest absolute Gasteiger partial charge is 0.490 e. The van der Waals surface area contributed by atoms with Gasteiger partial charge in [0.15, 0.2) is 6.61 Å². The number of imide groups is 1. The topological polar surface area (TPSA) is 93.7 Å². The van der Waals surface area contributed by atoms with Crippen LogP contribution in [0.3, 0.4) is 0 Å². The molecule has 2 aromatic rings. The van der Waals surface area contributed by atoms with Crippen LogP contribution in [-0.4, -0.2) is 31.1 Å². The van der Waals surface area contributed by atoms with Gasteiger partial charge < -0.3 is 14.8 Å². The average Bonchev–Trinajstić information content (AvgIpc) is 2.75. The molecule has 0 aliphatic rings. The summed E-state index contributed by atoms with van der Waals surface area (Å²) in [5, 5.41) is 4.63. The van der Waals surface area contributed by atoms with Crippen LogP contribution < -0.4 is 15.4 Å². The van der Waals surface area contributed by atoms with E-state index in [1.807, 2.05) is 30.3 Å². The number of rotatable bonds is 9. The fourth-order valence-electron chi connectivity index (χ4n) is 2.16. The van der Waals surface area contributed by atoms with Crippen LogP contribution in [0, 0.1) is 0 Å². The summed E-state index contributed by atoms with van der Waals surface area (Å²) in [4.78, 5) is 35.0. The predicted molar refractivity (Wildman–Crippen MR) is 109 cm³/mol. The maximum atomic E-state index is 11.7. The highest BCUT2D eigenvalue weighted by atomic mass is 16.5. The lowest BCUT2D eigenvalue weighted by Crippen LogP contribution is -2.41. The van der Waals surface area contributed by atoms with Crippen LogP contribution in [0.4, 0.5) is 4.79 Å². The summed E-state index contributed by atoms with van der Waals surface area (Å²) < 4.78 is 10.2. The Kier molecular flexibility index (Phi) is 8.69. The number of carbonyl (C=O) groups excluding carboxylic acids is 3. The first kappa shape index (κ1) is 21.4. The zero-order chi connectivity index (χ0) is 20.9. The predicted octanol–water partition coefficient (Wildman–Crippen LogP) is 2.83. The molecule has 29 heavy (non-hydrogen) atoms. The Bertz CT molecular complexity index is 861. The third-order valence-electron chi connectivity index (χ3n) is 3.55. The molecule has 0 aliphatic carbocycles. The van der Waals surface area contributed by atoms with Gasteiger partial charge in [-0.2, -0.15) is 0 Å². The summed E-state index contributed by atoms with van der Waals surface area (Å²) in [6.45, 7) is 3.70. The standard InChI is InChI=1S/C22H22N2O5/c1-2-14-28-19-11-8-17(9-12-19)10-13-21(26)29-16-20(25)24-22(27)23-15-18-6-4-3-5-7-18/h2-13H,1,14-16H2,(H2,23,24,25,27)/b13-10+. The Balaban J connectivity index is 1.68. The Labute approximate surface area is 169 Å². The zero-order valence-electron chi connectivity index (χ0n) is 15.8. The molecule has 0 bridgehead atoms. The maximum absolute atomic E-state index is 11.7. The van der Waals surface area contributed by atoms with Crippen molar-refractivity contribution in [2.75, 3.05) is 13.2 Å². The SMILES string of the molecule is C=CCOc1ccc(/C=C/C(=O)OCC(=O)NC(=O)NCc2ccccc2)cc1. The van der Waals surface area contributed by atoms with E-state index in [1.54, 1.807) is 36.4 Å². The zero-order valence-corrected chi connectivity index (χ0v) is 15.8. The molecule has 150 valence electrons. The average molecular weight is 394 g/mol. The summed E-state index contributed by atoms with van der Waals surface area (Å²) in [6.07, 6.45) is 4.39. The highest BCUT2D eigenvalue weighted by molar-refractivity contribution is 5.96. The smallest absolute Gasteiger partial charge is 0.331 e. The minimum Gasteiger partial charge on any atom is -0.490 e. The fourth-order valence-corrected chi connectivity index (χ4v) is 2.16. The second-order valence-corrected chi connectivity index (χ2v) is 5.83. The molecular weight excluding hydrogens is 372 g/mol. The molecule has 2 rings (SSSR count). The summed E-state index contributed by atoms with van der Waals surface area (Å²) in [5.41, 5.74) is 1.66. The molecule has 2 aromatic carbocycles. The minimum atomic E-state index is -0.721. The molecule has 0 saturated carbocycles. The van der Waals surface area contributed by atoms with Crippen molar-refractivity contribution in [2.45, 2.75) is 6.54 Å². The second-order valence-electron chi connectivity index (χ2n) is 5.83. The molecule has 0 atom stereocenters. The number of nitrogens with one attached hydrogen (secondary N) is 2. The molecule has 0 radical (unpaired) electrons. The van der Waals surface area contributed by atoms with Gasteiger partial charge in [0.1, 0.15) is 12.4 Å². The highest BCUT2D eigenvalue weighted by Crippen LogP contribution is 2.13. The molecule has 0 aliphatic heterocycles. The molecule has 0 heterocycles. The van der Waals surface area contributed by atoms with Gasteiger partial charge in [-0.3, -0.25) is 10.1 Å². The molecule has 7 heteroatoms. The van der Waals surface area contributed by atoms with Crippen molar-refractivity contribution >= 4 is 24.0 Å². The lowest BCUT2D eigenvalue weighted by atomic mass is 10.2. The molecule has 0 spiro atoms. The minimum absolute atomic E-state index is 0.278. The van der Waals surface area contributed by atoms with Crippen LogP contribution in [-0.2, 0) is 20.9 Å². The second kappa shape index (κ2) is 11.8. The van der Waals surface area contributed by atoms with Gasteiger partial charge in [-0.25, -0.2) is 9.59 Å². The van der Waals surface area contributed by atoms with Gasteiger partial charge in [-0.15, -0.1) is 0 Å². The van der Waals surface area contributed by atoms with Crippen molar-refractivity contribution in [2.24, 2.45) is 0 Å². The monoisotopic (exact) mass is 394 g/mol. The Morgan fingerprint density at radius 3 is 2.41 bits per heavy atom. The van der Waals surface area contributed by atoms with Gasteiger partial charge >= 0.3 is 12.0 Å². The molecule has 0 fully saturated rings. The van der Waals surface area contributed by atoms with Crippen molar-refractivity contribution in [3.8, 4) is 5.75 Å². The number of carbonyl (C=O) groups is 3. The Hall–Kier alpha value is -3.87. The lowest BCUT2D eigenvalue weighted by molar-refractivity contribution is -0.143. The van der Waals surface area contributed by atoms with Gasteiger partial charge in [0.2, 0.25) is 0 Å². The van der Waals surface area contributed by atoms with E-state index < -0.39 is 24.5 Å². The summed E-state index contributed by atoms with van der Waals surface area (Å²) >= 11 is 0. The van der Waals surface area contributed by atoms with Gasteiger partial charge in [0, 0.05) is 12.6 Å². The summed E-state index contributed by atoms with van der Waals surface area (Å²) in [7, 11) is 0. The number of amides is 3. The van der Waals surface area contributed by atoms with Crippen LogP contribution in [0.15, 0.2) is 73.3 Å². The molecule has 0 saturated heterocycles. The van der Waals surface area contributed by atoms with Crippen LogP contribution in [0.25, 0.3) is 6.08 Å². The first-order valence-electron chi connectivity index (χ1n) is 8.87. The Morgan fingerprint density at radius 2 is 1.72 bits per heavy atom. The molecule has 0 aromatic heterocycles. The number of ether oxygens (including phenoxy) is 2. The van der Waals surface area contributed by atoms with E-state index in [1.165, 1.54) is 6.08 Å². The van der Waals surface area contributed by atoms with Crippen LogP contribution in [0.2, 0.25) is 0 Å². The number of benzene rings is 2. The van der Waals surface area contributed by atoms with Gasteiger partial charge in [0.25, 0.3) is 5.91 Å².